The zero-order valence-electron chi connectivity index (χ0n) is 9.89. The summed E-state index contributed by atoms with van der Waals surface area (Å²) in [6, 6.07) is 3.69. The van der Waals surface area contributed by atoms with E-state index in [4.69, 9.17) is 4.42 Å². The second-order valence-electron chi connectivity index (χ2n) is 4.10. The Morgan fingerprint density at radius 3 is 2.65 bits per heavy atom. The molecular weight excluding hydrogens is 224 g/mol. The van der Waals surface area contributed by atoms with Gasteiger partial charge in [-0.2, -0.15) is 0 Å². The van der Waals surface area contributed by atoms with Gasteiger partial charge in [-0.05, 0) is 38.1 Å². The molecule has 92 valence electrons. The third kappa shape index (κ3) is 2.31. The minimum absolute atomic E-state index is 0.00912. The monoisotopic (exact) mass is 239 g/mol. The summed E-state index contributed by atoms with van der Waals surface area (Å²) in [4.78, 5) is 0. The molecule has 1 unspecified atom stereocenters. The fourth-order valence-electron chi connectivity index (χ4n) is 1.75. The lowest BCUT2D eigenvalue weighted by atomic mass is 10.2. The highest BCUT2D eigenvalue weighted by Crippen LogP contribution is 2.27. The van der Waals surface area contributed by atoms with Crippen molar-refractivity contribution in [2.75, 3.05) is 6.54 Å². The van der Waals surface area contributed by atoms with Crippen molar-refractivity contribution < 1.29 is 13.2 Å². The molecule has 0 spiro atoms. The van der Waals surface area contributed by atoms with E-state index in [0.717, 1.165) is 25.1 Å². The third-order valence-electron chi connectivity index (χ3n) is 2.73. The van der Waals surface area contributed by atoms with Crippen molar-refractivity contribution >= 4 is 11.0 Å². The molecule has 0 saturated carbocycles. The van der Waals surface area contributed by atoms with Crippen molar-refractivity contribution in [2.24, 2.45) is 0 Å². The fraction of sp³-hybridized carbons (Fsp3) is 0.385. The van der Waals surface area contributed by atoms with Crippen molar-refractivity contribution in [2.45, 2.75) is 26.3 Å². The third-order valence-corrected chi connectivity index (χ3v) is 2.73. The predicted octanol–water partition coefficient (Wildman–Crippen LogP) is 3.77. The first-order chi connectivity index (χ1) is 8.13. The number of nitrogens with one attached hydrogen (secondary N) is 1. The highest BCUT2D eigenvalue weighted by Gasteiger charge is 2.15. The lowest BCUT2D eigenvalue weighted by Gasteiger charge is -2.09. The summed E-state index contributed by atoms with van der Waals surface area (Å²) in [6.45, 7) is 4.80. The first kappa shape index (κ1) is 12.0. The molecule has 0 fully saturated rings. The maximum Gasteiger partial charge on any atom is 0.172 e. The predicted molar refractivity (Wildman–Crippen MR) is 62.8 cm³/mol. The van der Waals surface area contributed by atoms with Gasteiger partial charge in [0.05, 0.1) is 11.4 Å². The molecule has 0 amide bonds. The van der Waals surface area contributed by atoms with Crippen LogP contribution in [0.3, 0.4) is 0 Å². The van der Waals surface area contributed by atoms with E-state index >= 15 is 0 Å². The molecule has 2 aromatic rings. The van der Waals surface area contributed by atoms with Crippen molar-refractivity contribution in [3.63, 3.8) is 0 Å². The number of rotatable bonds is 4. The number of hydrogen-bond donors (Lipinski definition) is 1. The molecule has 1 aromatic heterocycles. The summed E-state index contributed by atoms with van der Waals surface area (Å²) in [5.41, 5.74) is -0.00912. The number of benzene rings is 1. The Morgan fingerprint density at radius 1 is 1.29 bits per heavy atom. The van der Waals surface area contributed by atoms with Gasteiger partial charge in [0.25, 0.3) is 0 Å². The molecule has 4 heteroatoms. The van der Waals surface area contributed by atoms with Crippen LogP contribution in [0.25, 0.3) is 11.0 Å². The largest absolute Gasteiger partial charge is 0.456 e. The standard InChI is InChI=1S/C13H15F2NO/c1-3-6-16-8(2)12-7-9-10(14)4-5-11(15)13(9)17-12/h4-5,7-8,16H,3,6H2,1-2H3. The van der Waals surface area contributed by atoms with Gasteiger partial charge in [0.15, 0.2) is 11.4 Å². The lowest BCUT2D eigenvalue weighted by molar-refractivity contribution is 0.443. The Labute approximate surface area is 98.6 Å². The van der Waals surface area contributed by atoms with Crippen molar-refractivity contribution in [3.05, 3.63) is 35.6 Å². The van der Waals surface area contributed by atoms with Crippen LogP contribution in [0.15, 0.2) is 22.6 Å². The van der Waals surface area contributed by atoms with Crippen LogP contribution in [0.5, 0.6) is 0 Å². The maximum atomic E-state index is 13.4. The Kier molecular flexibility index (Phi) is 3.43. The van der Waals surface area contributed by atoms with E-state index in [2.05, 4.69) is 12.2 Å². The van der Waals surface area contributed by atoms with Gasteiger partial charge in [-0.15, -0.1) is 0 Å². The molecule has 1 atom stereocenters. The van der Waals surface area contributed by atoms with Gasteiger partial charge in [-0.25, -0.2) is 8.78 Å². The molecule has 1 heterocycles. The molecule has 0 aliphatic carbocycles. The van der Waals surface area contributed by atoms with Crippen LogP contribution in [-0.2, 0) is 0 Å². The number of fused-ring (bicyclic) bond motifs is 1. The van der Waals surface area contributed by atoms with Gasteiger partial charge >= 0.3 is 0 Å². The van der Waals surface area contributed by atoms with E-state index in [-0.39, 0.29) is 17.0 Å². The van der Waals surface area contributed by atoms with Crippen molar-refractivity contribution in [3.8, 4) is 0 Å². The van der Waals surface area contributed by atoms with Gasteiger partial charge in [0.2, 0.25) is 0 Å². The van der Waals surface area contributed by atoms with Gasteiger partial charge < -0.3 is 9.73 Å². The van der Waals surface area contributed by atoms with Crippen LogP contribution < -0.4 is 5.32 Å². The minimum atomic E-state index is -0.532. The van der Waals surface area contributed by atoms with Crippen LogP contribution in [0.2, 0.25) is 0 Å². The Bertz CT molecular complexity index is 482. The highest BCUT2D eigenvalue weighted by atomic mass is 19.1. The zero-order chi connectivity index (χ0) is 12.4. The number of halogens is 2. The average molecular weight is 239 g/mol. The van der Waals surface area contributed by atoms with E-state index in [0.29, 0.717) is 5.76 Å². The first-order valence-electron chi connectivity index (χ1n) is 5.74. The average Bonchev–Trinajstić information content (AvgIpc) is 2.77. The Morgan fingerprint density at radius 2 is 2.00 bits per heavy atom. The van der Waals surface area contributed by atoms with Crippen LogP contribution >= 0.6 is 0 Å². The van der Waals surface area contributed by atoms with E-state index in [1.54, 1.807) is 6.07 Å². The lowest BCUT2D eigenvalue weighted by Crippen LogP contribution is -2.18. The van der Waals surface area contributed by atoms with Crippen LogP contribution in [0.1, 0.15) is 32.1 Å². The van der Waals surface area contributed by atoms with Gasteiger partial charge in [0.1, 0.15) is 11.6 Å². The van der Waals surface area contributed by atoms with Crippen LogP contribution in [0, 0.1) is 11.6 Å². The molecular formula is C13H15F2NO. The molecule has 0 radical (unpaired) electrons. The van der Waals surface area contributed by atoms with Crippen LogP contribution in [-0.4, -0.2) is 6.54 Å². The summed E-state index contributed by atoms with van der Waals surface area (Å²) in [6.07, 6.45) is 0.993. The number of hydrogen-bond acceptors (Lipinski definition) is 2. The van der Waals surface area contributed by atoms with E-state index < -0.39 is 11.6 Å². The van der Waals surface area contributed by atoms with E-state index in [1.165, 1.54) is 0 Å². The first-order valence-corrected chi connectivity index (χ1v) is 5.74. The minimum Gasteiger partial charge on any atom is -0.456 e. The summed E-state index contributed by atoms with van der Waals surface area (Å²) in [7, 11) is 0. The summed E-state index contributed by atoms with van der Waals surface area (Å²) in [5, 5.41) is 3.41. The second kappa shape index (κ2) is 4.84. The topological polar surface area (TPSA) is 25.2 Å². The van der Waals surface area contributed by atoms with Gasteiger partial charge in [-0.1, -0.05) is 6.92 Å². The summed E-state index contributed by atoms with van der Waals surface area (Å²) >= 11 is 0. The van der Waals surface area contributed by atoms with Crippen molar-refractivity contribution in [1.82, 2.24) is 5.32 Å². The summed E-state index contributed by atoms with van der Waals surface area (Å²) < 4.78 is 32.2. The molecule has 1 aromatic carbocycles. The molecule has 1 N–H and O–H groups in total. The van der Waals surface area contributed by atoms with Crippen molar-refractivity contribution in [1.29, 1.82) is 0 Å². The van der Waals surface area contributed by atoms with Crippen LogP contribution in [0.4, 0.5) is 8.78 Å². The van der Waals surface area contributed by atoms with E-state index in [9.17, 15) is 8.78 Å². The van der Waals surface area contributed by atoms with Gasteiger partial charge in [0, 0.05) is 0 Å². The maximum absolute atomic E-state index is 13.4. The molecule has 0 bridgehead atoms. The van der Waals surface area contributed by atoms with Gasteiger partial charge in [-0.3, -0.25) is 0 Å². The quantitative estimate of drug-likeness (QED) is 0.878. The highest BCUT2D eigenvalue weighted by molar-refractivity contribution is 5.79. The summed E-state index contributed by atoms with van der Waals surface area (Å²) in [5.74, 6) is -0.438. The fourth-order valence-corrected chi connectivity index (χ4v) is 1.75. The smallest absolute Gasteiger partial charge is 0.172 e. The molecule has 2 nitrogen and oxygen atoms in total. The second-order valence-corrected chi connectivity index (χ2v) is 4.10. The molecule has 0 aliphatic heterocycles. The molecule has 0 aliphatic rings. The zero-order valence-corrected chi connectivity index (χ0v) is 9.89. The molecule has 2 rings (SSSR count). The molecule has 0 saturated heterocycles. The van der Waals surface area contributed by atoms with E-state index in [1.807, 2.05) is 6.92 Å². The molecule has 17 heavy (non-hydrogen) atoms. The number of furan rings is 1. The SMILES string of the molecule is CCCNC(C)c1cc2c(F)ccc(F)c2o1. The Balaban J connectivity index is 2.37. The Hall–Kier alpha value is -1.42. The normalized spacial score (nSPS) is 13.2.